The number of aromatic nitrogens is 2. The van der Waals surface area contributed by atoms with E-state index in [1.165, 1.54) is 0 Å². The van der Waals surface area contributed by atoms with E-state index >= 15 is 0 Å². The van der Waals surface area contributed by atoms with Crippen molar-refractivity contribution < 1.29 is 9.32 Å². The Kier molecular flexibility index (Phi) is 4.91. The molecule has 0 aliphatic heterocycles. The first-order chi connectivity index (χ1) is 11.6. The first-order valence-corrected chi connectivity index (χ1v) is 7.89. The van der Waals surface area contributed by atoms with Crippen molar-refractivity contribution in [3.8, 4) is 11.5 Å². The minimum Gasteiger partial charge on any atom is -0.348 e. The van der Waals surface area contributed by atoms with Crippen molar-refractivity contribution >= 4 is 17.5 Å². The summed E-state index contributed by atoms with van der Waals surface area (Å²) in [6.45, 7) is 2.20. The molecule has 0 atom stereocenters. The Morgan fingerprint density at radius 3 is 2.83 bits per heavy atom. The van der Waals surface area contributed by atoms with E-state index in [0.29, 0.717) is 23.2 Å². The highest BCUT2D eigenvalue weighted by Gasteiger charge is 2.11. The van der Waals surface area contributed by atoms with Crippen LogP contribution in [-0.2, 0) is 17.8 Å². The van der Waals surface area contributed by atoms with E-state index < -0.39 is 0 Å². The fourth-order valence-electron chi connectivity index (χ4n) is 2.29. The zero-order chi connectivity index (χ0) is 16.9. The van der Waals surface area contributed by atoms with Gasteiger partial charge in [-0.05, 0) is 36.2 Å². The van der Waals surface area contributed by atoms with Gasteiger partial charge in [0, 0.05) is 10.6 Å². The first kappa shape index (κ1) is 16.2. The number of nitrogens with one attached hydrogen (secondary N) is 1. The van der Waals surface area contributed by atoms with Crippen LogP contribution >= 0.6 is 11.6 Å². The van der Waals surface area contributed by atoms with Gasteiger partial charge in [-0.25, -0.2) is 0 Å². The summed E-state index contributed by atoms with van der Waals surface area (Å²) >= 11 is 5.95. The number of halogens is 1. The van der Waals surface area contributed by atoms with Gasteiger partial charge in [0.2, 0.25) is 5.91 Å². The van der Waals surface area contributed by atoms with Gasteiger partial charge < -0.3 is 9.84 Å². The standard InChI is InChI=1S/C18H16ClN3O2/c1-12-5-2-3-6-13(12)10-17(23)20-11-16-21-18(24-22-16)14-7-4-8-15(19)9-14/h2-9H,10-11H2,1H3,(H,20,23). The maximum Gasteiger partial charge on any atom is 0.258 e. The molecule has 0 aliphatic rings. The monoisotopic (exact) mass is 341 g/mol. The highest BCUT2D eigenvalue weighted by molar-refractivity contribution is 6.30. The Morgan fingerprint density at radius 1 is 1.21 bits per heavy atom. The Labute approximate surface area is 144 Å². The van der Waals surface area contributed by atoms with Gasteiger partial charge in [0.25, 0.3) is 5.89 Å². The van der Waals surface area contributed by atoms with Crippen LogP contribution in [0.15, 0.2) is 53.1 Å². The maximum atomic E-state index is 12.0. The minimum absolute atomic E-state index is 0.0848. The van der Waals surface area contributed by atoms with E-state index in [-0.39, 0.29) is 12.5 Å². The molecule has 0 saturated heterocycles. The van der Waals surface area contributed by atoms with Crippen LogP contribution in [0.25, 0.3) is 11.5 Å². The van der Waals surface area contributed by atoms with Gasteiger partial charge in [0.05, 0.1) is 13.0 Å². The fraction of sp³-hybridized carbons (Fsp3) is 0.167. The lowest BCUT2D eigenvalue weighted by molar-refractivity contribution is -0.120. The van der Waals surface area contributed by atoms with Crippen molar-refractivity contribution in [3.63, 3.8) is 0 Å². The average Bonchev–Trinajstić information content (AvgIpc) is 3.04. The molecule has 5 nitrogen and oxygen atoms in total. The third-order valence-corrected chi connectivity index (χ3v) is 3.83. The molecule has 1 heterocycles. The van der Waals surface area contributed by atoms with Crippen molar-refractivity contribution in [2.75, 3.05) is 0 Å². The van der Waals surface area contributed by atoms with Crippen LogP contribution in [0, 0.1) is 6.92 Å². The van der Waals surface area contributed by atoms with Crippen LogP contribution in [0.1, 0.15) is 17.0 Å². The molecule has 3 aromatic rings. The van der Waals surface area contributed by atoms with Gasteiger partial charge in [0.15, 0.2) is 5.82 Å². The number of nitrogens with zero attached hydrogens (tertiary/aromatic N) is 2. The highest BCUT2D eigenvalue weighted by atomic mass is 35.5. The number of hydrogen-bond donors (Lipinski definition) is 1. The predicted molar refractivity (Wildman–Crippen MR) is 91.5 cm³/mol. The van der Waals surface area contributed by atoms with Gasteiger partial charge in [-0.2, -0.15) is 4.98 Å². The zero-order valence-electron chi connectivity index (χ0n) is 13.1. The van der Waals surface area contributed by atoms with Gasteiger partial charge >= 0.3 is 0 Å². The maximum absolute atomic E-state index is 12.0. The second-order valence-corrected chi connectivity index (χ2v) is 5.84. The van der Waals surface area contributed by atoms with Crippen molar-refractivity contribution in [2.24, 2.45) is 0 Å². The summed E-state index contributed by atoms with van der Waals surface area (Å²) in [5, 5.41) is 7.27. The van der Waals surface area contributed by atoms with Crippen LogP contribution in [-0.4, -0.2) is 16.0 Å². The van der Waals surface area contributed by atoms with Gasteiger partial charge in [0.1, 0.15) is 0 Å². The van der Waals surface area contributed by atoms with Crippen molar-refractivity contribution in [1.29, 1.82) is 0 Å². The molecule has 0 spiro atoms. The van der Waals surface area contributed by atoms with E-state index in [1.54, 1.807) is 12.1 Å². The van der Waals surface area contributed by atoms with Crippen LogP contribution in [0.4, 0.5) is 0 Å². The first-order valence-electron chi connectivity index (χ1n) is 7.51. The molecule has 0 saturated carbocycles. The topological polar surface area (TPSA) is 68.0 Å². The summed E-state index contributed by atoms with van der Waals surface area (Å²) in [5.41, 5.74) is 2.84. The summed E-state index contributed by atoms with van der Waals surface area (Å²) in [6, 6.07) is 15.0. The summed E-state index contributed by atoms with van der Waals surface area (Å²) in [5.74, 6) is 0.710. The molecule has 24 heavy (non-hydrogen) atoms. The number of amides is 1. The number of aryl methyl sites for hydroxylation is 1. The molecule has 0 fully saturated rings. The summed E-state index contributed by atoms with van der Waals surface area (Å²) in [7, 11) is 0. The molecule has 0 bridgehead atoms. The largest absolute Gasteiger partial charge is 0.348 e. The SMILES string of the molecule is Cc1ccccc1CC(=O)NCc1noc(-c2cccc(Cl)c2)n1. The molecular formula is C18H16ClN3O2. The molecule has 3 rings (SSSR count). The van der Waals surface area contributed by atoms with E-state index in [2.05, 4.69) is 15.5 Å². The molecule has 0 unspecified atom stereocenters. The second-order valence-electron chi connectivity index (χ2n) is 5.41. The molecule has 1 amide bonds. The molecule has 122 valence electrons. The average molecular weight is 342 g/mol. The van der Waals surface area contributed by atoms with Crippen LogP contribution < -0.4 is 5.32 Å². The van der Waals surface area contributed by atoms with E-state index in [0.717, 1.165) is 16.7 Å². The van der Waals surface area contributed by atoms with Crippen molar-refractivity contribution in [1.82, 2.24) is 15.5 Å². The Bertz CT molecular complexity index is 861. The number of carbonyl (C=O) groups excluding carboxylic acids is 1. The third-order valence-electron chi connectivity index (χ3n) is 3.60. The van der Waals surface area contributed by atoms with Gasteiger partial charge in [-0.15, -0.1) is 0 Å². The van der Waals surface area contributed by atoms with E-state index in [1.807, 2.05) is 43.3 Å². The molecular weight excluding hydrogens is 326 g/mol. The fourth-order valence-corrected chi connectivity index (χ4v) is 2.48. The number of benzene rings is 2. The Balaban J connectivity index is 1.59. The molecule has 0 aliphatic carbocycles. The molecule has 1 N–H and O–H groups in total. The lowest BCUT2D eigenvalue weighted by Crippen LogP contribution is -2.25. The van der Waals surface area contributed by atoms with E-state index in [9.17, 15) is 4.79 Å². The predicted octanol–water partition coefficient (Wildman–Crippen LogP) is 3.56. The molecule has 1 aromatic heterocycles. The summed E-state index contributed by atoms with van der Waals surface area (Å²) in [6.07, 6.45) is 0.325. The van der Waals surface area contributed by atoms with Crippen molar-refractivity contribution in [3.05, 3.63) is 70.5 Å². The minimum atomic E-state index is -0.0848. The third kappa shape index (κ3) is 4.00. The van der Waals surface area contributed by atoms with Crippen LogP contribution in [0.3, 0.4) is 0 Å². The summed E-state index contributed by atoms with van der Waals surface area (Å²) in [4.78, 5) is 16.3. The molecule has 6 heteroatoms. The molecule has 2 aromatic carbocycles. The number of hydrogen-bond acceptors (Lipinski definition) is 4. The van der Waals surface area contributed by atoms with Gasteiger partial charge in [-0.1, -0.05) is 47.1 Å². The molecule has 0 radical (unpaired) electrons. The van der Waals surface area contributed by atoms with Crippen LogP contribution in [0.2, 0.25) is 5.02 Å². The normalized spacial score (nSPS) is 10.6. The second kappa shape index (κ2) is 7.27. The lowest BCUT2D eigenvalue weighted by Gasteiger charge is -2.05. The van der Waals surface area contributed by atoms with Crippen LogP contribution in [0.5, 0.6) is 0 Å². The lowest BCUT2D eigenvalue weighted by atomic mass is 10.1. The number of rotatable bonds is 5. The summed E-state index contributed by atoms with van der Waals surface area (Å²) < 4.78 is 5.20. The number of carbonyl (C=O) groups is 1. The zero-order valence-corrected chi connectivity index (χ0v) is 13.9. The van der Waals surface area contributed by atoms with Crippen molar-refractivity contribution in [2.45, 2.75) is 19.9 Å². The highest BCUT2D eigenvalue weighted by Crippen LogP contribution is 2.20. The Morgan fingerprint density at radius 2 is 2.04 bits per heavy atom. The quantitative estimate of drug-likeness (QED) is 0.770. The van der Waals surface area contributed by atoms with Gasteiger partial charge in [-0.3, -0.25) is 4.79 Å². The smallest absolute Gasteiger partial charge is 0.258 e. The Hall–Kier alpha value is -2.66. The van der Waals surface area contributed by atoms with E-state index in [4.69, 9.17) is 16.1 Å².